The molecule has 0 bridgehead atoms. The number of esters is 1. The summed E-state index contributed by atoms with van der Waals surface area (Å²) in [6.45, 7) is -0.379. The van der Waals surface area contributed by atoms with Crippen LogP contribution in [0.5, 0.6) is 0 Å². The Hall–Kier alpha value is -3.88. The van der Waals surface area contributed by atoms with Crippen molar-refractivity contribution in [1.82, 2.24) is 9.47 Å². The number of amides is 2. The first-order chi connectivity index (χ1) is 14.3. The first kappa shape index (κ1) is 20.8. The number of benzene rings is 2. The van der Waals surface area contributed by atoms with Crippen LogP contribution in [0.15, 0.2) is 57.7 Å². The molecule has 0 atom stereocenters. The number of ether oxygens (including phenoxy) is 1. The minimum atomic E-state index is -0.616. The number of fused-ring (bicyclic) bond motifs is 1. The number of para-hydroxylation sites is 2. The van der Waals surface area contributed by atoms with Gasteiger partial charge in [0, 0.05) is 31.9 Å². The Balaban J connectivity index is 1.47. The van der Waals surface area contributed by atoms with E-state index in [1.807, 2.05) is 0 Å². The number of hydrogen-bond acceptors (Lipinski definition) is 6. The van der Waals surface area contributed by atoms with Crippen molar-refractivity contribution in [2.75, 3.05) is 26.0 Å². The van der Waals surface area contributed by atoms with Crippen molar-refractivity contribution in [2.24, 2.45) is 0 Å². The van der Waals surface area contributed by atoms with Gasteiger partial charge in [-0.3, -0.25) is 19.0 Å². The zero-order valence-electron chi connectivity index (χ0n) is 16.6. The molecule has 156 valence electrons. The van der Waals surface area contributed by atoms with Crippen LogP contribution >= 0.6 is 0 Å². The van der Waals surface area contributed by atoms with E-state index in [0.717, 1.165) is 0 Å². The highest BCUT2D eigenvalue weighted by Gasteiger charge is 2.13. The van der Waals surface area contributed by atoms with Crippen LogP contribution in [0.3, 0.4) is 0 Å². The third-order valence-electron chi connectivity index (χ3n) is 4.30. The second-order valence-corrected chi connectivity index (χ2v) is 6.72. The number of carbonyl (C=O) groups excluding carboxylic acids is 3. The fourth-order valence-electron chi connectivity index (χ4n) is 2.80. The molecule has 0 aliphatic carbocycles. The van der Waals surface area contributed by atoms with Crippen LogP contribution in [0, 0.1) is 0 Å². The molecule has 0 fully saturated rings. The van der Waals surface area contributed by atoms with Gasteiger partial charge in [0.1, 0.15) is 0 Å². The number of nitrogens with zero attached hydrogens (tertiary/aromatic N) is 2. The minimum Gasteiger partial charge on any atom is -0.456 e. The zero-order valence-corrected chi connectivity index (χ0v) is 16.6. The maximum atomic E-state index is 12.0. The Kier molecular flexibility index (Phi) is 6.31. The van der Waals surface area contributed by atoms with Crippen molar-refractivity contribution in [2.45, 2.75) is 13.0 Å². The molecule has 0 aliphatic heterocycles. The lowest BCUT2D eigenvalue weighted by atomic mass is 10.2. The molecular weight excluding hydrogens is 390 g/mol. The Bertz CT molecular complexity index is 1130. The summed E-state index contributed by atoms with van der Waals surface area (Å²) < 4.78 is 11.4. The molecule has 1 aromatic heterocycles. The molecule has 0 radical (unpaired) electrons. The van der Waals surface area contributed by atoms with E-state index in [0.29, 0.717) is 22.4 Å². The molecule has 0 saturated heterocycles. The van der Waals surface area contributed by atoms with Gasteiger partial charge in [0.2, 0.25) is 0 Å². The molecule has 3 rings (SSSR count). The molecule has 0 aliphatic rings. The highest BCUT2D eigenvalue weighted by molar-refractivity contribution is 5.96. The Labute approximate surface area is 171 Å². The standard InChI is InChI=1S/C21H21N3O6/c1-23(2)20(27)14-7-9-15(10-8-14)22-18(25)13-29-19(26)11-12-24-16-5-3-4-6-17(16)30-21(24)28/h3-10H,11-13H2,1-2H3,(H,22,25). The summed E-state index contributed by atoms with van der Waals surface area (Å²) in [6, 6.07) is 13.3. The van der Waals surface area contributed by atoms with E-state index in [1.54, 1.807) is 62.6 Å². The molecular formula is C21H21N3O6. The molecule has 3 aromatic rings. The molecule has 1 heterocycles. The first-order valence-electron chi connectivity index (χ1n) is 9.20. The maximum Gasteiger partial charge on any atom is 0.419 e. The van der Waals surface area contributed by atoms with Gasteiger partial charge in [0.05, 0.1) is 11.9 Å². The van der Waals surface area contributed by atoms with Crippen LogP contribution in [0.2, 0.25) is 0 Å². The van der Waals surface area contributed by atoms with Crippen LogP contribution in [0.1, 0.15) is 16.8 Å². The molecule has 0 saturated carbocycles. The quantitative estimate of drug-likeness (QED) is 0.594. The Morgan fingerprint density at radius 1 is 1.07 bits per heavy atom. The fourth-order valence-corrected chi connectivity index (χ4v) is 2.80. The number of nitrogens with one attached hydrogen (secondary N) is 1. The Morgan fingerprint density at radius 2 is 1.77 bits per heavy atom. The van der Waals surface area contributed by atoms with Gasteiger partial charge in [-0.25, -0.2) is 4.79 Å². The summed E-state index contributed by atoms with van der Waals surface area (Å²) in [5.41, 5.74) is 1.99. The summed E-state index contributed by atoms with van der Waals surface area (Å²) in [5.74, 6) is -1.83. The molecule has 9 heteroatoms. The van der Waals surface area contributed by atoms with Crippen LogP contribution in [-0.4, -0.2) is 48.0 Å². The van der Waals surface area contributed by atoms with E-state index in [-0.39, 0.29) is 18.9 Å². The predicted octanol–water partition coefficient (Wildman–Crippen LogP) is 1.87. The number of aryl methyl sites for hydroxylation is 1. The zero-order chi connectivity index (χ0) is 21.7. The lowest BCUT2D eigenvalue weighted by molar-refractivity contribution is -0.147. The van der Waals surface area contributed by atoms with Crippen LogP contribution in [0.25, 0.3) is 11.1 Å². The van der Waals surface area contributed by atoms with Crippen molar-refractivity contribution in [3.8, 4) is 0 Å². The number of carbonyl (C=O) groups is 3. The van der Waals surface area contributed by atoms with Gasteiger partial charge in [-0.1, -0.05) is 12.1 Å². The SMILES string of the molecule is CN(C)C(=O)c1ccc(NC(=O)COC(=O)CCn2c(=O)oc3ccccc32)cc1. The van der Waals surface area contributed by atoms with E-state index in [4.69, 9.17) is 9.15 Å². The van der Waals surface area contributed by atoms with Gasteiger partial charge in [-0.05, 0) is 36.4 Å². The molecule has 0 unspecified atom stereocenters. The van der Waals surface area contributed by atoms with E-state index in [9.17, 15) is 19.2 Å². The van der Waals surface area contributed by atoms with Crippen molar-refractivity contribution in [3.63, 3.8) is 0 Å². The summed E-state index contributed by atoms with van der Waals surface area (Å²) in [4.78, 5) is 49.1. The smallest absolute Gasteiger partial charge is 0.419 e. The highest BCUT2D eigenvalue weighted by Crippen LogP contribution is 2.13. The molecule has 1 N–H and O–H groups in total. The normalized spacial score (nSPS) is 10.6. The van der Waals surface area contributed by atoms with E-state index < -0.39 is 24.2 Å². The number of oxazole rings is 1. The average Bonchev–Trinajstić information content (AvgIpc) is 3.05. The molecule has 0 spiro atoms. The summed E-state index contributed by atoms with van der Waals surface area (Å²) >= 11 is 0. The highest BCUT2D eigenvalue weighted by atomic mass is 16.5. The van der Waals surface area contributed by atoms with Crippen molar-refractivity contribution in [3.05, 3.63) is 64.6 Å². The van der Waals surface area contributed by atoms with Gasteiger partial charge in [0.25, 0.3) is 11.8 Å². The number of rotatable bonds is 7. The van der Waals surface area contributed by atoms with Crippen LogP contribution < -0.4 is 11.1 Å². The van der Waals surface area contributed by atoms with Gasteiger partial charge in [0.15, 0.2) is 12.2 Å². The largest absolute Gasteiger partial charge is 0.456 e. The summed E-state index contributed by atoms with van der Waals surface area (Å²) in [6.07, 6.45) is -0.0853. The van der Waals surface area contributed by atoms with Crippen molar-refractivity contribution < 1.29 is 23.5 Å². The lowest BCUT2D eigenvalue weighted by Crippen LogP contribution is -2.23. The van der Waals surface area contributed by atoms with Gasteiger partial charge in [-0.15, -0.1) is 0 Å². The van der Waals surface area contributed by atoms with Gasteiger partial charge in [-0.2, -0.15) is 0 Å². The second kappa shape index (κ2) is 9.08. The average molecular weight is 411 g/mol. The lowest BCUT2D eigenvalue weighted by Gasteiger charge is -2.11. The molecule has 30 heavy (non-hydrogen) atoms. The number of aromatic nitrogens is 1. The minimum absolute atomic E-state index is 0.0810. The fraction of sp³-hybridized carbons (Fsp3) is 0.238. The van der Waals surface area contributed by atoms with Crippen LogP contribution in [-0.2, 0) is 20.9 Å². The molecule has 2 amide bonds. The van der Waals surface area contributed by atoms with E-state index in [2.05, 4.69) is 5.32 Å². The molecule has 2 aromatic carbocycles. The topological polar surface area (TPSA) is 111 Å². The predicted molar refractivity (Wildman–Crippen MR) is 109 cm³/mol. The number of anilines is 1. The molecule has 9 nitrogen and oxygen atoms in total. The summed E-state index contributed by atoms with van der Waals surface area (Å²) in [5, 5.41) is 2.58. The van der Waals surface area contributed by atoms with E-state index in [1.165, 1.54) is 9.47 Å². The number of hydrogen-bond donors (Lipinski definition) is 1. The van der Waals surface area contributed by atoms with Crippen molar-refractivity contribution >= 4 is 34.6 Å². The second-order valence-electron chi connectivity index (χ2n) is 6.72. The monoisotopic (exact) mass is 411 g/mol. The summed E-state index contributed by atoms with van der Waals surface area (Å²) in [7, 11) is 3.30. The third kappa shape index (κ3) is 4.93. The first-order valence-corrected chi connectivity index (χ1v) is 9.20. The maximum absolute atomic E-state index is 12.0. The van der Waals surface area contributed by atoms with Gasteiger partial charge >= 0.3 is 11.7 Å². The third-order valence-corrected chi connectivity index (χ3v) is 4.30. The van der Waals surface area contributed by atoms with Gasteiger partial charge < -0.3 is 19.4 Å². The van der Waals surface area contributed by atoms with Crippen LogP contribution in [0.4, 0.5) is 5.69 Å². The van der Waals surface area contributed by atoms with Crippen molar-refractivity contribution in [1.29, 1.82) is 0 Å². The van der Waals surface area contributed by atoms with E-state index >= 15 is 0 Å². The Morgan fingerprint density at radius 3 is 2.47 bits per heavy atom.